The number of rotatable bonds is 3. The van der Waals surface area contributed by atoms with Crippen molar-refractivity contribution in [2.24, 2.45) is 0 Å². The van der Waals surface area contributed by atoms with E-state index in [4.69, 9.17) is 0 Å². The fraction of sp³-hybridized carbons (Fsp3) is 0.294. The second-order valence-corrected chi connectivity index (χ2v) is 25.6. The van der Waals surface area contributed by atoms with Crippen LogP contribution in [0.4, 0.5) is 28.4 Å². The quantitative estimate of drug-likeness (QED) is 0.163. The van der Waals surface area contributed by atoms with Crippen molar-refractivity contribution in [3.05, 3.63) is 219 Å². The number of benzene rings is 8. The lowest BCUT2D eigenvalue weighted by atomic mass is 9.42. The van der Waals surface area contributed by atoms with Crippen LogP contribution < -0.4 is 20.6 Å². The molecule has 8 aromatic rings. The third kappa shape index (κ3) is 5.96. The van der Waals surface area contributed by atoms with E-state index in [0.717, 1.165) is 0 Å². The van der Waals surface area contributed by atoms with Crippen LogP contribution in [0.25, 0.3) is 22.3 Å². The number of nitrogens with zero attached hydrogens (tertiary/aromatic N) is 2. The standard InChI is InChI=1S/C68H67BN2/c1-63(2,3)42-30-32-46(33-31-42)71-57-35-34-47-48-40-53-54(66(9,10)37-36-65(53,7)8)41-52(48)67(11,12)60(47)59(57)49-38-45(64(4,5)6)39-58-61(49)69(71)55-28-21-27-51-62(55)70(58)56-29-20-19-26-50(56)68(51,43-22-15-13-16-23-43)44-24-17-14-18-25-44/h13-35,38-41H,36-37H2,1-12H3. The van der Waals surface area contributed by atoms with Crippen LogP contribution in [0.15, 0.2) is 164 Å². The summed E-state index contributed by atoms with van der Waals surface area (Å²) in [4.78, 5) is 5.45. The Morgan fingerprint density at radius 1 is 0.451 bits per heavy atom. The summed E-state index contributed by atoms with van der Waals surface area (Å²) in [6.07, 6.45) is 2.40. The largest absolute Gasteiger partial charge is 0.376 e. The molecule has 0 spiro atoms. The maximum absolute atomic E-state index is 2.75. The summed E-state index contributed by atoms with van der Waals surface area (Å²) in [5.41, 5.74) is 27.7. The summed E-state index contributed by atoms with van der Waals surface area (Å²) in [6, 6.07) is 64.3. The van der Waals surface area contributed by atoms with Crippen LogP contribution in [0.5, 0.6) is 0 Å². The molecule has 3 heterocycles. The molecule has 352 valence electrons. The van der Waals surface area contributed by atoms with Crippen LogP contribution >= 0.6 is 0 Å². The molecule has 0 N–H and O–H groups in total. The van der Waals surface area contributed by atoms with Crippen LogP contribution in [-0.2, 0) is 32.5 Å². The normalized spacial score (nSPS) is 17.8. The molecule has 3 aliphatic heterocycles. The van der Waals surface area contributed by atoms with Gasteiger partial charge < -0.3 is 9.71 Å². The van der Waals surface area contributed by atoms with E-state index in [1.54, 1.807) is 0 Å². The van der Waals surface area contributed by atoms with Gasteiger partial charge >= 0.3 is 6.85 Å². The Morgan fingerprint density at radius 2 is 1.04 bits per heavy atom. The van der Waals surface area contributed by atoms with E-state index >= 15 is 0 Å². The summed E-state index contributed by atoms with van der Waals surface area (Å²) in [5, 5.41) is 0. The highest BCUT2D eigenvalue weighted by Gasteiger charge is 2.54. The Kier molecular flexibility index (Phi) is 9.08. The van der Waals surface area contributed by atoms with E-state index < -0.39 is 5.41 Å². The van der Waals surface area contributed by atoms with Gasteiger partial charge in [-0.3, -0.25) is 0 Å². The van der Waals surface area contributed by atoms with Gasteiger partial charge in [0.05, 0.1) is 11.1 Å². The molecule has 0 aromatic heterocycles. The molecule has 0 bridgehead atoms. The zero-order valence-corrected chi connectivity index (χ0v) is 44.0. The molecule has 0 unspecified atom stereocenters. The average Bonchev–Trinajstić information content (AvgIpc) is 3.58. The average molecular weight is 923 g/mol. The second kappa shape index (κ2) is 14.5. The fourth-order valence-corrected chi connectivity index (χ4v) is 14.2. The summed E-state index contributed by atoms with van der Waals surface area (Å²) < 4.78 is 0. The lowest BCUT2D eigenvalue weighted by molar-refractivity contribution is 0.331. The smallest absolute Gasteiger partial charge is 0.333 e. The molecule has 0 saturated carbocycles. The Morgan fingerprint density at radius 3 is 1.68 bits per heavy atom. The molecule has 13 rings (SSSR count). The molecule has 0 fully saturated rings. The molecule has 2 aliphatic carbocycles. The zero-order chi connectivity index (χ0) is 49.4. The van der Waals surface area contributed by atoms with E-state index in [1.165, 1.54) is 130 Å². The first kappa shape index (κ1) is 44.4. The SMILES string of the molecule is CC(C)(C)c1ccc(N2B3c4cccc5c4N(c4ccccc4C5(c4ccccc4)c4ccccc4)c4cc(C(C)(C)C)cc(c43)-c3c2ccc2c3C(C)(C)c3cc4c(cc3-2)C(C)(C)CCC4(C)C)cc1. The Balaban J connectivity index is 1.17. The predicted molar refractivity (Wildman–Crippen MR) is 302 cm³/mol. The van der Waals surface area contributed by atoms with Gasteiger partial charge in [-0.1, -0.05) is 210 Å². The van der Waals surface area contributed by atoms with E-state index in [-0.39, 0.29) is 33.9 Å². The van der Waals surface area contributed by atoms with E-state index in [0.29, 0.717) is 0 Å². The number of anilines is 5. The molecule has 0 amide bonds. The lowest BCUT2D eigenvalue weighted by Gasteiger charge is -2.52. The van der Waals surface area contributed by atoms with Crippen molar-refractivity contribution in [3.8, 4) is 22.3 Å². The van der Waals surface area contributed by atoms with Gasteiger partial charge in [0, 0.05) is 33.7 Å². The van der Waals surface area contributed by atoms with Gasteiger partial charge in [-0.15, -0.1) is 0 Å². The minimum absolute atomic E-state index is 0.0236. The summed E-state index contributed by atoms with van der Waals surface area (Å²) in [6.45, 7) is 29.0. The van der Waals surface area contributed by atoms with Crippen molar-refractivity contribution in [2.75, 3.05) is 9.71 Å². The van der Waals surface area contributed by atoms with Gasteiger partial charge in [0.15, 0.2) is 0 Å². The van der Waals surface area contributed by atoms with Crippen molar-refractivity contribution in [1.82, 2.24) is 0 Å². The van der Waals surface area contributed by atoms with E-state index in [9.17, 15) is 0 Å². The van der Waals surface area contributed by atoms with Crippen molar-refractivity contribution >= 4 is 46.2 Å². The molecule has 3 heteroatoms. The monoisotopic (exact) mass is 923 g/mol. The molecule has 8 aromatic carbocycles. The molecular weight excluding hydrogens is 856 g/mol. The van der Waals surface area contributed by atoms with Crippen LogP contribution in [-0.4, -0.2) is 6.85 Å². The van der Waals surface area contributed by atoms with Gasteiger partial charge in [-0.2, -0.15) is 0 Å². The zero-order valence-electron chi connectivity index (χ0n) is 44.0. The molecule has 2 nitrogen and oxygen atoms in total. The topological polar surface area (TPSA) is 6.48 Å². The third-order valence-electron chi connectivity index (χ3n) is 18.1. The van der Waals surface area contributed by atoms with Gasteiger partial charge in [0.2, 0.25) is 0 Å². The predicted octanol–water partition coefficient (Wildman–Crippen LogP) is 16.3. The van der Waals surface area contributed by atoms with Crippen molar-refractivity contribution in [1.29, 1.82) is 0 Å². The van der Waals surface area contributed by atoms with E-state index in [2.05, 4.69) is 257 Å². The molecule has 0 radical (unpaired) electrons. The van der Waals surface area contributed by atoms with Crippen LogP contribution in [0.1, 0.15) is 152 Å². The highest BCUT2D eigenvalue weighted by Crippen LogP contribution is 2.63. The summed E-state index contributed by atoms with van der Waals surface area (Å²) >= 11 is 0. The van der Waals surface area contributed by atoms with Gasteiger partial charge in [0.25, 0.3) is 0 Å². The lowest BCUT2D eigenvalue weighted by Crippen LogP contribution is -2.63. The number of fused-ring (bicyclic) bond motifs is 11. The van der Waals surface area contributed by atoms with Crippen LogP contribution in [0.2, 0.25) is 0 Å². The maximum Gasteiger partial charge on any atom is 0.333 e. The molecule has 71 heavy (non-hydrogen) atoms. The van der Waals surface area contributed by atoms with Gasteiger partial charge in [-0.05, 0) is 154 Å². The number of hydrogen-bond acceptors (Lipinski definition) is 2. The number of para-hydroxylation sites is 2. The molecule has 0 atom stereocenters. The number of hydrogen-bond donors (Lipinski definition) is 0. The van der Waals surface area contributed by atoms with Crippen molar-refractivity contribution in [3.63, 3.8) is 0 Å². The van der Waals surface area contributed by atoms with Gasteiger partial charge in [-0.25, -0.2) is 0 Å². The highest BCUT2D eigenvalue weighted by molar-refractivity contribution is 6.93. The Labute approximate surface area is 423 Å². The Bertz CT molecular complexity index is 3490. The van der Waals surface area contributed by atoms with Gasteiger partial charge in [0.1, 0.15) is 0 Å². The molecule has 5 aliphatic rings. The summed E-state index contributed by atoms with van der Waals surface area (Å²) in [5.74, 6) is 0. The maximum atomic E-state index is 2.75. The van der Waals surface area contributed by atoms with Crippen molar-refractivity contribution in [2.45, 2.75) is 128 Å². The van der Waals surface area contributed by atoms with Crippen LogP contribution in [0, 0.1) is 0 Å². The van der Waals surface area contributed by atoms with Crippen molar-refractivity contribution < 1.29 is 0 Å². The fourth-order valence-electron chi connectivity index (χ4n) is 14.2. The first-order valence-electron chi connectivity index (χ1n) is 26.3. The molecule has 0 saturated heterocycles. The first-order chi connectivity index (χ1) is 33.7. The highest BCUT2D eigenvalue weighted by atomic mass is 15.2. The first-order valence-corrected chi connectivity index (χ1v) is 26.3. The van der Waals surface area contributed by atoms with E-state index in [1.807, 2.05) is 0 Å². The summed E-state index contributed by atoms with van der Waals surface area (Å²) in [7, 11) is 0. The second-order valence-electron chi connectivity index (χ2n) is 25.6. The molecular formula is C68H67BN2. The van der Waals surface area contributed by atoms with Crippen LogP contribution in [0.3, 0.4) is 0 Å². The Hall–Kier alpha value is -6.58. The minimum atomic E-state index is -0.576. The minimum Gasteiger partial charge on any atom is -0.376 e. The third-order valence-corrected chi connectivity index (χ3v) is 18.1.